The van der Waals surface area contributed by atoms with Crippen LogP contribution in [0.25, 0.3) is 0 Å². The van der Waals surface area contributed by atoms with E-state index in [1.807, 2.05) is 0 Å². The van der Waals surface area contributed by atoms with Gasteiger partial charge in [-0.2, -0.15) is 0 Å². The van der Waals surface area contributed by atoms with E-state index in [0.717, 1.165) is 19.4 Å². The molecule has 1 fully saturated rings. The molecule has 0 bridgehead atoms. The summed E-state index contributed by atoms with van der Waals surface area (Å²) < 4.78 is 0. The lowest BCUT2D eigenvalue weighted by atomic mass is 10.1. The van der Waals surface area contributed by atoms with Gasteiger partial charge in [-0.3, -0.25) is 14.4 Å². The summed E-state index contributed by atoms with van der Waals surface area (Å²) in [4.78, 5) is 47.7. The van der Waals surface area contributed by atoms with Crippen LogP contribution in [0.5, 0.6) is 0 Å². The molecule has 0 atom stereocenters. The number of nitrogens with zero attached hydrogens (tertiary/aromatic N) is 3. The summed E-state index contributed by atoms with van der Waals surface area (Å²) in [6.07, 6.45) is 6.69. The Morgan fingerprint density at radius 1 is 1.25 bits per heavy atom. The van der Waals surface area contributed by atoms with E-state index in [0.29, 0.717) is 29.6 Å². The van der Waals surface area contributed by atoms with E-state index in [1.165, 1.54) is 25.9 Å². The predicted molar refractivity (Wildman–Crippen MR) is 126 cm³/mol. The molecule has 0 saturated carbocycles. The van der Waals surface area contributed by atoms with E-state index in [1.54, 1.807) is 49.3 Å². The van der Waals surface area contributed by atoms with Crippen LogP contribution in [0.4, 0.5) is 5.69 Å². The molecule has 2 aromatic rings. The Balaban J connectivity index is 1.73. The number of pyridine rings is 1. The molecule has 3 N–H and O–H groups in total. The largest absolute Gasteiger partial charge is 0.383 e. The van der Waals surface area contributed by atoms with Crippen molar-refractivity contribution in [3.63, 3.8) is 0 Å². The van der Waals surface area contributed by atoms with Gasteiger partial charge in [0.05, 0.1) is 16.8 Å². The Morgan fingerprint density at radius 3 is 2.69 bits per heavy atom. The van der Waals surface area contributed by atoms with Gasteiger partial charge in [0.15, 0.2) is 6.29 Å². The average Bonchev–Trinajstić information content (AvgIpc) is 3.29. The van der Waals surface area contributed by atoms with E-state index in [2.05, 4.69) is 14.9 Å². The number of benzene rings is 1. The van der Waals surface area contributed by atoms with Crippen molar-refractivity contribution < 1.29 is 9.59 Å². The number of aryl methyl sites for hydroxylation is 1. The van der Waals surface area contributed by atoms with Gasteiger partial charge in [0.2, 0.25) is 0 Å². The Bertz CT molecular complexity index is 1050. The number of aldehydes is 1. The summed E-state index contributed by atoms with van der Waals surface area (Å²) in [5.41, 5.74) is 7.71. The van der Waals surface area contributed by atoms with Crippen LogP contribution in [0.15, 0.2) is 40.2 Å². The Morgan fingerprint density at radius 2 is 2.00 bits per heavy atom. The zero-order valence-corrected chi connectivity index (χ0v) is 18.8. The molecule has 0 spiro atoms. The van der Waals surface area contributed by atoms with Gasteiger partial charge < -0.3 is 20.5 Å². The lowest BCUT2D eigenvalue weighted by Gasteiger charge is -2.19. The molecular formula is C24H31N5O3. The third kappa shape index (κ3) is 5.70. The highest BCUT2D eigenvalue weighted by Crippen LogP contribution is 2.20. The number of rotatable bonds is 9. The number of hydrogen-bond acceptors (Lipinski definition) is 5. The molecule has 1 amide bonds. The summed E-state index contributed by atoms with van der Waals surface area (Å²) in [6.45, 7) is 5.78. The van der Waals surface area contributed by atoms with Gasteiger partial charge in [0, 0.05) is 25.4 Å². The maximum atomic E-state index is 13.0. The maximum absolute atomic E-state index is 13.0. The third-order valence-electron chi connectivity index (χ3n) is 5.83. The van der Waals surface area contributed by atoms with Gasteiger partial charge >= 0.3 is 0 Å². The minimum absolute atomic E-state index is 0.0527. The summed E-state index contributed by atoms with van der Waals surface area (Å²) in [6, 6.07) is 6.44. The third-order valence-corrected chi connectivity index (χ3v) is 5.83. The van der Waals surface area contributed by atoms with Crippen molar-refractivity contribution in [2.24, 2.45) is 10.7 Å². The van der Waals surface area contributed by atoms with Crippen molar-refractivity contribution in [2.45, 2.75) is 32.6 Å². The summed E-state index contributed by atoms with van der Waals surface area (Å²) >= 11 is 0. The number of nitrogens with one attached hydrogen (secondary N) is 1. The molecule has 170 valence electrons. The van der Waals surface area contributed by atoms with E-state index in [9.17, 15) is 14.4 Å². The van der Waals surface area contributed by atoms with Crippen LogP contribution < -0.4 is 11.3 Å². The first-order chi connectivity index (χ1) is 15.4. The van der Waals surface area contributed by atoms with Gasteiger partial charge in [-0.1, -0.05) is 0 Å². The van der Waals surface area contributed by atoms with Crippen LogP contribution in [0.2, 0.25) is 0 Å². The minimum atomic E-state index is -0.333. The number of aromatic nitrogens is 1. The molecule has 8 nitrogen and oxygen atoms in total. The second-order valence-electron chi connectivity index (χ2n) is 8.23. The molecule has 1 saturated heterocycles. The molecule has 1 aromatic carbocycles. The normalized spacial score (nSPS) is 14.5. The SMILES string of the molecule is Cc1cc[nH]c(=O)c1C(N)=Nc1ccc(C=O)c(C(=O)N(C)CCCCN2CCCC2)c1. The van der Waals surface area contributed by atoms with Crippen molar-refractivity contribution in [1.82, 2.24) is 14.8 Å². The Kier molecular flexibility index (Phi) is 7.94. The second-order valence-corrected chi connectivity index (χ2v) is 8.23. The number of hydrogen-bond donors (Lipinski definition) is 2. The number of amidine groups is 1. The summed E-state index contributed by atoms with van der Waals surface area (Å²) in [5.74, 6) is -0.186. The number of likely N-dealkylation sites (tertiary alicyclic amines) is 1. The van der Waals surface area contributed by atoms with E-state index < -0.39 is 0 Å². The van der Waals surface area contributed by atoms with Gasteiger partial charge in [0.1, 0.15) is 5.84 Å². The van der Waals surface area contributed by atoms with Crippen molar-refractivity contribution >= 4 is 23.7 Å². The van der Waals surface area contributed by atoms with Crippen LogP contribution in [0.1, 0.15) is 57.5 Å². The monoisotopic (exact) mass is 437 g/mol. The second kappa shape index (κ2) is 10.9. The molecule has 0 radical (unpaired) electrons. The fraction of sp³-hybridized carbons (Fsp3) is 0.417. The number of aromatic amines is 1. The number of unbranched alkanes of at least 4 members (excludes halogenated alkanes) is 1. The minimum Gasteiger partial charge on any atom is -0.383 e. The molecule has 0 unspecified atom stereocenters. The number of amides is 1. The Labute approximate surface area is 188 Å². The topological polar surface area (TPSA) is 112 Å². The first-order valence-corrected chi connectivity index (χ1v) is 11.0. The molecule has 1 aliphatic heterocycles. The molecule has 32 heavy (non-hydrogen) atoms. The van der Waals surface area contributed by atoms with Crippen LogP contribution >= 0.6 is 0 Å². The first kappa shape index (κ1) is 23.4. The van der Waals surface area contributed by atoms with Crippen molar-refractivity contribution in [1.29, 1.82) is 0 Å². The number of H-pyrrole nitrogens is 1. The van der Waals surface area contributed by atoms with Gasteiger partial charge in [-0.25, -0.2) is 4.99 Å². The van der Waals surface area contributed by atoms with Crippen molar-refractivity contribution in [3.8, 4) is 0 Å². The molecule has 1 aliphatic rings. The van der Waals surface area contributed by atoms with Gasteiger partial charge in [0.25, 0.3) is 11.5 Å². The predicted octanol–water partition coefficient (Wildman–Crippen LogP) is 2.48. The molecule has 3 rings (SSSR count). The van der Waals surface area contributed by atoms with Crippen molar-refractivity contribution in [2.75, 3.05) is 33.2 Å². The summed E-state index contributed by atoms with van der Waals surface area (Å²) in [5, 5.41) is 0. The van der Waals surface area contributed by atoms with Crippen LogP contribution in [-0.2, 0) is 0 Å². The molecule has 2 heterocycles. The fourth-order valence-electron chi connectivity index (χ4n) is 3.99. The van der Waals surface area contributed by atoms with Crippen LogP contribution in [0, 0.1) is 6.92 Å². The van der Waals surface area contributed by atoms with Gasteiger partial charge in [-0.05, 0) is 82.1 Å². The smallest absolute Gasteiger partial charge is 0.259 e. The zero-order valence-electron chi connectivity index (χ0n) is 18.8. The summed E-state index contributed by atoms with van der Waals surface area (Å²) in [7, 11) is 1.74. The quantitative estimate of drug-likeness (QED) is 0.271. The lowest BCUT2D eigenvalue weighted by molar-refractivity contribution is 0.0788. The lowest BCUT2D eigenvalue weighted by Crippen LogP contribution is -2.29. The van der Waals surface area contributed by atoms with Crippen LogP contribution in [0.3, 0.4) is 0 Å². The number of nitrogens with two attached hydrogens (primary N) is 1. The molecule has 8 heteroatoms. The number of aliphatic imine (C=N–C) groups is 1. The number of carbonyl (C=O) groups excluding carboxylic acids is 2. The average molecular weight is 438 g/mol. The fourth-order valence-corrected chi connectivity index (χ4v) is 3.99. The molecule has 0 aliphatic carbocycles. The van der Waals surface area contributed by atoms with Crippen LogP contribution in [-0.4, -0.2) is 66.0 Å². The Hall–Kier alpha value is -3.26. The maximum Gasteiger partial charge on any atom is 0.259 e. The molecular weight excluding hydrogens is 406 g/mol. The van der Waals surface area contributed by atoms with E-state index in [4.69, 9.17) is 5.73 Å². The van der Waals surface area contributed by atoms with E-state index >= 15 is 0 Å². The standard InChI is InChI=1S/C24H31N5O3/c1-17-9-10-26-23(31)21(17)22(25)27-19-8-7-18(16-30)20(15-19)24(32)28(2)11-3-4-12-29-13-5-6-14-29/h7-10,15-16H,3-6,11-14H2,1-2H3,(H2,25,27)(H,26,31). The highest BCUT2D eigenvalue weighted by molar-refractivity contribution is 6.03. The van der Waals surface area contributed by atoms with E-state index in [-0.39, 0.29) is 28.4 Å². The molecule has 1 aromatic heterocycles. The van der Waals surface area contributed by atoms with Crippen molar-refractivity contribution in [3.05, 3.63) is 63.1 Å². The zero-order chi connectivity index (χ0) is 23.1. The van der Waals surface area contributed by atoms with Gasteiger partial charge in [-0.15, -0.1) is 0 Å². The highest BCUT2D eigenvalue weighted by Gasteiger charge is 2.17. The first-order valence-electron chi connectivity index (χ1n) is 11.0. The number of carbonyl (C=O) groups is 2. The highest BCUT2D eigenvalue weighted by atomic mass is 16.2.